The number of benzene rings is 1. The van der Waals surface area contributed by atoms with E-state index in [2.05, 4.69) is 10.2 Å². The SMILES string of the molecule is CN(C)Cc1ccc(NC(=O)COCCN)cc1. The molecule has 0 fully saturated rings. The zero-order valence-corrected chi connectivity index (χ0v) is 11.0. The minimum atomic E-state index is -0.163. The van der Waals surface area contributed by atoms with Crippen LogP contribution in [0.4, 0.5) is 5.69 Å². The van der Waals surface area contributed by atoms with Crippen LogP contribution in [0.5, 0.6) is 0 Å². The minimum Gasteiger partial charge on any atom is -0.370 e. The summed E-state index contributed by atoms with van der Waals surface area (Å²) in [6.07, 6.45) is 0. The first-order valence-corrected chi connectivity index (χ1v) is 5.93. The molecule has 5 nitrogen and oxygen atoms in total. The number of ether oxygens (including phenoxy) is 1. The minimum absolute atomic E-state index is 0.0383. The Hall–Kier alpha value is -1.43. The normalized spacial score (nSPS) is 10.7. The highest BCUT2D eigenvalue weighted by atomic mass is 16.5. The Labute approximate surface area is 108 Å². The highest BCUT2D eigenvalue weighted by Gasteiger charge is 2.02. The zero-order valence-electron chi connectivity index (χ0n) is 11.0. The van der Waals surface area contributed by atoms with E-state index in [4.69, 9.17) is 10.5 Å². The molecule has 0 heterocycles. The summed E-state index contributed by atoms with van der Waals surface area (Å²) >= 11 is 0. The Balaban J connectivity index is 2.40. The van der Waals surface area contributed by atoms with Crippen molar-refractivity contribution in [3.63, 3.8) is 0 Å². The van der Waals surface area contributed by atoms with E-state index in [1.165, 1.54) is 5.56 Å². The van der Waals surface area contributed by atoms with Gasteiger partial charge in [-0.3, -0.25) is 4.79 Å². The molecule has 1 rings (SSSR count). The molecule has 0 aromatic heterocycles. The van der Waals surface area contributed by atoms with Crippen LogP contribution in [0.15, 0.2) is 24.3 Å². The van der Waals surface area contributed by atoms with Crippen LogP contribution in [0.2, 0.25) is 0 Å². The van der Waals surface area contributed by atoms with E-state index in [-0.39, 0.29) is 12.5 Å². The van der Waals surface area contributed by atoms with E-state index >= 15 is 0 Å². The molecule has 100 valence electrons. The Bertz CT molecular complexity index is 363. The number of hydrogen-bond donors (Lipinski definition) is 2. The third-order valence-electron chi connectivity index (χ3n) is 2.23. The second kappa shape index (κ2) is 7.81. The molecule has 0 spiro atoms. The first-order chi connectivity index (χ1) is 8.61. The second-order valence-electron chi connectivity index (χ2n) is 4.32. The van der Waals surface area contributed by atoms with E-state index in [0.29, 0.717) is 13.2 Å². The Kier molecular flexibility index (Phi) is 6.35. The number of nitrogens with one attached hydrogen (secondary N) is 1. The van der Waals surface area contributed by atoms with Crippen molar-refractivity contribution < 1.29 is 9.53 Å². The maximum absolute atomic E-state index is 11.5. The van der Waals surface area contributed by atoms with Crippen LogP contribution >= 0.6 is 0 Å². The highest BCUT2D eigenvalue weighted by Crippen LogP contribution is 2.10. The van der Waals surface area contributed by atoms with Gasteiger partial charge in [0.1, 0.15) is 6.61 Å². The van der Waals surface area contributed by atoms with Gasteiger partial charge in [0, 0.05) is 18.8 Å². The number of anilines is 1. The van der Waals surface area contributed by atoms with Crippen molar-refractivity contribution in [1.82, 2.24) is 4.90 Å². The molecule has 0 bridgehead atoms. The van der Waals surface area contributed by atoms with Gasteiger partial charge in [-0.15, -0.1) is 0 Å². The summed E-state index contributed by atoms with van der Waals surface area (Å²) in [5.74, 6) is -0.163. The van der Waals surface area contributed by atoms with Gasteiger partial charge in [-0.2, -0.15) is 0 Å². The average molecular weight is 251 g/mol. The summed E-state index contributed by atoms with van der Waals surface area (Å²) in [4.78, 5) is 13.6. The zero-order chi connectivity index (χ0) is 13.4. The summed E-state index contributed by atoms with van der Waals surface area (Å²) in [5.41, 5.74) is 7.25. The number of rotatable bonds is 7. The summed E-state index contributed by atoms with van der Waals surface area (Å²) in [7, 11) is 4.04. The first kappa shape index (κ1) is 14.6. The van der Waals surface area contributed by atoms with Gasteiger partial charge >= 0.3 is 0 Å². The van der Waals surface area contributed by atoms with Gasteiger partial charge in [0.25, 0.3) is 0 Å². The molecule has 3 N–H and O–H groups in total. The lowest BCUT2D eigenvalue weighted by Gasteiger charge is -2.10. The highest BCUT2D eigenvalue weighted by molar-refractivity contribution is 5.91. The summed E-state index contributed by atoms with van der Waals surface area (Å²) in [5, 5.41) is 2.76. The topological polar surface area (TPSA) is 67.6 Å². The Morgan fingerprint density at radius 1 is 1.33 bits per heavy atom. The van der Waals surface area contributed by atoms with Gasteiger partial charge in [0.15, 0.2) is 0 Å². The second-order valence-corrected chi connectivity index (χ2v) is 4.32. The third-order valence-corrected chi connectivity index (χ3v) is 2.23. The van der Waals surface area contributed by atoms with Gasteiger partial charge in [0.2, 0.25) is 5.91 Å². The van der Waals surface area contributed by atoms with Crippen molar-refractivity contribution in [2.24, 2.45) is 5.73 Å². The molecule has 0 saturated heterocycles. The van der Waals surface area contributed by atoms with Crippen LogP contribution in [0.3, 0.4) is 0 Å². The molecule has 0 atom stereocenters. The van der Waals surface area contributed by atoms with Gasteiger partial charge in [-0.25, -0.2) is 0 Å². The predicted octanol–water partition coefficient (Wildman–Crippen LogP) is 0.662. The number of carbonyl (C=O) groups is 1. The van der Waals surface area contributed by atoms with E-state index in [0.717, 1.165) is 12.2 Å². The molecule has 1 amide bonds. The van der Waals surface area contributed by atoms with Crippen LogP contribution in [0.1, 0.15) is 5.56 Å². The maximum Gasteiger partial charge on any atom is 0.250 e. The van der Waals surface area contributed by atoms with Crippen LogP contribution in [0, 0.1) is 0 Å². The monoisotopic (exact) mass is 251 g/mol. The van der Waals surface area contributed by atoms with E-state index in [1.807, 2.05) is 38.4 Å². The number of amides is 1. The summed E-state index contributed by atoms with van der Waals surface area (Å²) in [6, 6.07) is 7.77. The van der Waals surface area contributed by atoms with Crippen molar-refractivity contribution in [2.75, 3.05) is 39.2 Å². The molecule has 1 aromatic rings. The lowest BCUT2D eigenvalue weighted by Crippen LogP contribution is -2.20. The van der Waals surface area contributed by atoms with Crippen molar-refractivity contribution >= 4 is 11.6 Å². The lowest BCUT2D eigenvalue weighted by molar-refractivity contribution is -0.120. The summed E-state index contributed by atoms with van der Waals surface area (Å²) in [6.45, 7) is 1.74. The number of nitrogens with zero attached hydrogens (tertiary/aromatic N) is 1. The van der Waals surface area contributed by atoms with Crippen LogP contribution in [0.25, 0.3) is 0 Å². The van der Waals surface area contributed by atoms with Crippen LogP contribution in [-0.2, 0) is 16.1 Å². The smallest absolute Gasteiger partial charge is 0.250 e. The fraction of sp³-hybridized carbons (Fsp3) is 0.462. The van der Waals surface area contributed by atoms with Crippen LogP contribution in [-0.4, -0.2) is 44.7 Å². The van der Waals surface area contributed by atoms with E-state index < -0.39 is 0 Å². The third kappa shape index (κ3) is 5.77. The fourth-order valence-electron chi connectivity index (χ4n) is 1.50. The molecule has 0 aliphatic heterocycles. The molecule has 5 heteroatoms. The largest absolute Gasteiger partial charge is 0.370 e. The molecule has 18 heavy (non-hydrogen) atoms. The van der Waals surface area contributed by atoms with Gasteiger partial charge < -0.3 is 20.7 Å². The summed E-state index contributed by atoms with van der Waals surface area (Å²) < 4.78 is 5.05. The van der Waals surface area contributed by atoms with Crippen molar-refractivity contribution in [3.8, 4) is 0 Å². The molecule has 1 aromatic carbocycles. The molecule has 0 radical (unpaired) electrons. The van der Waals surface area contributed by atoms with E-state index in [1.54, 1.807) is 0 Å². The predicted molar refractivity (Wildman–Crippen MR) is 72.3 cm³/mol. The van der Waals surface area contributed by atoms with Crippen molar-refractivity contribution in [2.45, 2.75) is 6.54 Å². The lowest BCUT2D eigenvalue weighted by atomic mass is 10.2. The molecular weight excluding hydrogens is 230 g/mol. The van der Waals surface area contributed by atoms with Gasteiger partial charge in [-0.1, -0.05) is 12.1 Å². The van der Waals surface area contributed by atoms with Crippen LogP contribution < -0.4 is 11.1 Å². The number of hydrogen-bond acceptors (Lipinski definition) is 4. The Morgan fingerprint density at radius 3 is 2.56 bits per heavy atom. The molecule has 0 unspecified atom stereocenters. The molecule has 0 saturated carbocycles. The van der Waals surface area contributed by atoms with Crippen molar-refractivity contribution in [3.05, 3.63) is 29.8 Å². The molecule has 0 aliphatic rings. The standard InChI is InChI=1S/C13H21N3O2/c1-16(2)9-11-3-5-12(6-4-11)15-13(17)10-18-8-7-14/h3-6H,7-10,14H2,1-2H3,(H,15,17). The van der Waals surface area contributed by atoms with E-state index in [9.17, 15) is 4.79 Å². The Morgan fingerprint density at radius 2 is 2.00 bits per heavy atom. The molecule has 0 aliphatic carbocycles. The number of nitrogens with two attached hydrogens (primary N) is 1. The fourth-order valence-corrected chi connectivity index (χ4v) is 1.50. The van der Waals surface area contributed by atoms with Crippen molar-refractivity contribution in [1.29, 1.82) is 0 Å². The number of carbonyl (C=O) groups excluding carboxylic acids is 1. The van der Waals surface area contributed by atoms with Gasteiger partial charge in [0.05, 0.1) is 6.61 Å². The maximum atomic E-state index is 11.5. The van der Waals surface area contributed by atoms with Gasteiger partial charge in [-0.05, 0) is 31.8 Å². The average Bonchev–Trinajstić information content (AvgIpc) is 2.31. The molecular formula is C13H21N3O2. The first-order valence-electron chi connectivity index (χ1n) is 5.93. The quantitative estimate of drug-likeness (QED) is 0.699.